The molecular weight excluding hydrogens is 263 g/mol. The number of benzene rings is 2. The van der Waals surface area contributed by atoms with Crippen molar-refractivity contribution < 1.29 is 19.4 Å². The van der Waals surface area contributed by atoms with E-state index in [0.29, 0.717) is 5.56 Å². The Balaban J connectivity index is 2.11. The van der Waals surface area contributed by atoms with Crippen LogP contribution in [0, 0.1) is 5.82 Å². The van der Waals surface area contributed by atoms with Gasteiger partial charge in [0.25, 0.3) is 0 Å². The summed E-state index contributed by atoms with van der Waals surface area (Å²) in [6.07, 6.45) is 0. The van der Waals surface area contributed by atoms with Crippen LogP contribution in [0.5, 0.6) is 11.5 Å². The number of ether oxygens (including phenoxy) is 1. The smallest absolute Gasteiger partial charge is 0.170 e. The van der Waals surface area contributed by atoms with Crippen LogP contribution in [0.4, 0.5) is 4.39 Å². The zero-order valence-corrected chi connectivity index (χ0v) is 10.5. The van der Waals surface area contributed by atoms with Gasteiger partial charge in [0.1, 0.15) is 12.4 Å². The molecule has 0 fully saturated rings. The van der Waals surface area contributed by atoms with E-state index in [1.54, 1.807) is 12.1 Å². The number of phenolic OH excluding ortho intramolecular Hbond substituents is 1. The fourth-order valence-corrected chi connectivity index (χ4v) is 1.64. The molecule has 20 heavy (non-hydrogen) atoms. The number of hydrogen-bond donors (Lipinski definition) is 3. The van der Waals surface area contributed by atoms with Crippen molar-refractivity contribution in [1.82, 2.24) is 0 Å². The Labute approximate surface area is 114 Å². The van der Waals surface area contributed by atoms with Gasteiger partial charge in [-0.1, -0.05) is 17.3 Å². The van der Waals surface area contributed by atoms with E-state index < -0.39 is 5.82 Å². The van der Waals surface area contributed by atoms with Gasteiger partial charge in [-0.15, -0.1) is 0 Å². The Kier molecular flexibility index (Phi) is 4.05. The molecule has 0 unspecified atom stereocenters. The molecule has 4 N–H and O–H groups in total. The predicted octanol–water partition coefficient (Wildman–Crippen LogP) is 2.20. The lowest BCUT2D eigenvalue weighted by Crippen LogP contribution is -2.13. The van der Waals surface area contributed by atoms with E-state index in [0.717, 1.165) is 6.07 Å². The zero-order valence-electron chi connectivity index (χ0n) is 10.5. The van der Waals surface area contributed by atoms with Crippen LogP contribution >= 0.6 is 0 Å². The molecule has 0 spiro atoms. The lowest BCUT2D eigenvalue weighted by atomic mass is 10.2. The summed E-state index contributed by atoms with van der Waals surface area (Å²) >= 11 is 0. The minimum Gasteiger partial charge on any atom is -0.508 e. The van der Waals surface area contributed by atoms with Crippen LogP contribution in [-0.2, 0) is 6.61 Å². The fraction of sp³-hybridized carbons (Fsp3) is 0.0714. The normalized spacial score (nSPS) is 11.3. The zero-order chi connectivity index (χ0) is 14.5. The van der Waals surface area contributed by atoms with Gasteiger partial charge < -0.3 is 20.8 Å². The molecule has 0 aliphatic rings. The van der Waals surface area contributed by atoms with Crippen molar-refractivity contribution in [2.45, 2.75) is 6.61 Å². The SMILES string of the molecule is N/C(=N/O)c1ccc(OCc2cccc(O)c2)c(F)c1. The van der Waals surface area contributed by atoms with Gasteiger partial charge in [0.15, 0.2) is 17.4 Å². The molecule has 0 heterocycles. The highest BCUT2D eigenvalue weighted by Gasteiger charge is 2.08. The lowest BCUT2D eigenvalue weighted by Gasteiger charge is -2.08. The Morgan fingerprint density at radius 3 is 2.70 bits per heavy atom. The van der Waals surface area contributed by atoms with Crippen molar-refractivity contribution in [3.05, 3.63) is 59.4 Å². The van der Waals surface area contributed by atoms with Gasteiger partial charge in [-0.05, 0) is 35.9 Å². The van der Waals surface area contributed by atoms with Crippen molar-refractivity contribution in [3.8, 4) is 11.5 Å². The van der Waals surface area contributed by atoms with Crippen LogP contribution in [0.25, 0.3) is 0 Å². The van der Waals surface area contributed by atoms with E-state index in [1.165, 1.54) is 24.3 Å². The number of nitrogens with zero attached hydrogens (tertiary/aromatic N) is 1. The van der Waals surface area contributed by atoms with Crippen molar-refractivity contribution in [3.63, 3.8) is 0 Å². The monoisotopic (exact) mass is 276 g/mol. The minimum absolute atomic E-state index is 0.0443. The number of oxime groups is 1. The summed E-state index contributed by atoms with van der Waals surface area (Å²) in [6, 6.07) is 10.5. The molecule has 0 radical (unpaired) electrons. The molecule has 0 aliphatic carbocycles. The summed E-state index contributed by atoms with van der Waals surface area (Å²) in [5.41, 5.74) is 6.33. The van der Waals surface area contributed by atoms with Gasteiger partial charge in [0.2, 0.25) is 0 Å². The Morgan fingerprint density at radius 1 is 1.25 bits per heavy atom. The molecule has 0 bridgehead atoms. The van der Waals surface area contributed by atoms with Crippen molar-refractivity contribution >= 4 is 5.84 Å². The number of halogens is 1. The lowest BCUT2D eigenvalue weighted by molar-refractivity contribution is 0.289. The molecule has 0 aromatic heterocycles. The summed E-state index contributed by atoms with van der Waals surface area (Å²) in [4.78, 5) is 0. The quantitative estimate of drug-likeness (QED) is 0.346. The standard InChI is InChI=1S/C14H13FN2O3/c15-12-7-10(14(16)17-19)4-5-13(12)20-8-9-2-1-3-11(18)6-9/h1-7,18-19H,8H2,(H2,16,17). The summed E-state index contributed by atoms with van der Waals surface area (Å²) < 4.78 is 19.1. The van der Waals surface area contributed by atoms with E-state index in [9.17, 15) is 9.50 Å². The first-order valence-corrected chi connectivity index (χ1v) is 5.78. The van der Waals surface area contributed by atoms with Gasteiger partial charge >= 0.3 is 0 Å². The van der Waals surface area contributed by atoms with Gasteiger partial charge in [-0.3, -0.25) is 0 Å². The van der Waals surface area contributed by atoms with E-state index >= 15 is 0 Å². The Morgan fingerprint density at radius 2 is 2.05 bits per heavy atom. The molecule has 0 saturated carbocycles. The van der Waals surface area contributed by atoms with Crippen LogP contribution in [-0.4, -0.2) is 16.1 Å². The van der Waals surface area contributed by atoms with Crippen LogP contribution < -0.4 is 10.5 Å². The maximum atomic E-state index is 13.8. The van der Waals surface area contributed by atoms with E-state index in [4.69, 9.17) is 15.7 Å². The molecule has 2 aromatic rings. The van der Waals surface area contributed by atoms with Gasteiger partial charge in [-0.2, -0.15) is 0 Å². The largest absolute Gasteiger partial charge is 0.508 e. The summed E-state index contributed by atoms with van der Waals surface area (Å²) in [5.74, 6) is -0.630. The maximum Gasteiger partial charge on any atom is 0.170 e. The van der Waals surface area contributed by atoms with Crippen LogP contribution in [0.15, 0.2) is 47.6 Å². The average Bonchev–Trinajstić information content (AvgIpc) is 2.45. The second-order valence-electron chi connectivity index (χ2n) is 4.09. The number of hydrogen-bond acceptors (Lipinski definition) is 4. The predicted molar refractivity (Wildman–Crippen MR) is 71.3 cm³/mol. The van der Waals surface area contributed by atoms with E-state index in [-0.39, 0.29) is 29.5 Å². The first-order valence-electron chi connectivity index (χ1n) is 5.78. The van der Waals surface area contributed by atoms with Crippen LogP contribution in [0.1, 0.15) is 11.1 Å². The van der Waals surface area contributed by atoms with Crippen molar-refractivity contribution in [2.24, 2.45) is 10.9 Å². The number of nitrogens with two attached hydrogens (primary N) is 1. The highest BCUT2D eigenvalue weighted by Crippen LogP contribution is 2.20. The molecule has 0 amide bonds. The minimum atomic E-state index is -0.616. The van der Waals surface area contributed by atoms with Crippen LogP contribution in [0.2, 0.25) is 0 Å². The second kappa shape index (κ2) is 5.92. The average molecular weight is 276 g/mol. The molecular formula is C14H13FN2O3. The molecule has 0 aliphatic heterocycles. The molecule has 2 rings (SSSR count). The van der Waals surface area contributed by atoms with Gasteiger partial charge in [-0.25, -0.2) is 4.39 Å². The van der Waals surface area contributed by atoms with E-state index in [1.807, 2.05) is 0 Å². The summed E-state index contributed by atoms with van der Waals surface area (Å²) in [6.45, 7) is 0.119. The number of rotatable bonds is 4. The molecule has 0 saturated heterocycles. The highest BCUT2D eigenvalue weighted by atomic mass is 19.1. The first kappa shape index (κ1) is 13.7. The van der Waals surface area contributed by atoms with Crippen molar-refractivity contribution in [2.75, 3.05) is 0 Å². The molecule has 2 aromatic carbocycles. The third kappa shape index (κ3) is 3.17. The number of amidine groups is 1. The fourth-order valence-electron chi connectivity index (χ4n) is 1.64. The first-order chi connectivity index (χ1) is 9.60. The number of aromatic hydroxyl groups is 1. The summed E-state index contributed by atoms with van der Waals surface area (Å²) in [5, 5.41) is 20.6. The second-order valence-corrected chi connectivity index (χ2v) is 4.09. The summed E-state index contributed by atoms with van der Waals surface area (Å²) in [7, 11) is 0. The third-order valence-corrected chi connectivity index (χ3v) is 2.64. The topological polar surface area (TPSA) is 88.1 Å². The molecule has 0 atom stereocenters. The molecule has 5 nitrogen and oxygen atoms in total. The Bertz CT molecular complexity index is 644. The van der Waals surface area contributed by atoms with Crippen LogP contribution in [0.3, 0.4) is 0 Å². The Hall–Kier alpha value is -2.76. The van der Waals surface area contributed by atoms with E-state index in [2.05, 4.69) is 5.16 Å². The third-order valence-electron chi connectivity index (χ3n) is 2.64. The maximum absolute atomic E-state index is 13.8. The number of phenols is 1. The van der Waals surface area contributed by atoms with Gasteiger partial charge in [0, 0.05) is 5.56 Å². The van der Waals surface area contributed by atoms with Gasteiger partial charge in [0.05, 0.1) is 0 Å². The highest BCUT2D eigenvalue weighted by molar-refractivity contribution is 5.97. The van der Waals surface area contributed by atoms with Crippen molar-refractivity contribution in [1.29, 1.82) is 0 Å². The molecule has 6 heteroatoms. The molecule has 104 valence electrons.